The van der Waals surface area contributed by atoms with Crippen molar-refractivity contribution >= 4 is 31.5 Å². The average molecular weight is 464 g/mol. The predicted molar refractivity (Wildman–Crippen MR) is 127 cm³/mol. The first-order chi connectivity index (χ1) is 16.0. The van der Waals surface area contributed by atoms with Gasteiger partial charge in [0.25, 0.3) is 0 Å². The summed E-state index contributed by atoms with van der Waals surface area (Å²) in [4.78, 5) is 11.5. The third-order valence-electron chi connectivity index (χ3n) is 4.98. The summed E-state index contributed by atoms with van der Waals surface area (Å²) < 4.78 is 36.9. The number of nitriles is 1. The molecule has 6 nitrogen and oxygen atoms in total. The molecule has 3 aromatic carbocycles. The standard InChI is InChI=1S/C26H25NO5S/c1-2-31-26(28)10-6-7-17-32-23-14-13-20-18-22(12-11-21(20)19-23)25(15-16-27)33(29,30)24-8-4-3-5-9-24/h3-5,8-9,11-15,18-19H,2,6-7,10,17H2,1H3. The van der Waals surface area contributed by atoms with Gasteiger partial charge in [-0.1, -0.05) is 36.4 Å². The third-order valence-corrected chi connectivity index (χ3v) is 6.81. The zero-order valence-electron chi connectivity index (χ0n) is 18.4. The fraction of sp³-hybridized carbons (Fsp3) is 0.231. The summed E-state index contributed by atoms with van der Waals surface area (Å²) >= 11 is 0. The van der Waals surface area contributed by atoms with Crippen molar-refractivity contribution in [1.29, 1.82) is 5.26 Å². The highest BCUT2D eigenvalue weighted by atomic mass is 32.2. The van der Waals surface area contributed by atoms with Crippen LogP contribution in [0.1, 0.15) is 31.7 Å². The van der Waals surface area contributed by atoms with E-state index in [0.29, 0.717) is 37.4 Å². The lowest BCUT2D eigenvalue weighted by Crippen LogP contribution is -2.05. The van der Waals surface area contributed by atoms with Crippen molar-refractivity contribution in [2.75, 3.05) is 13.2 Å². The summed E-state index contributed by atoms with van der Waals surface area (Å²) in [6.45, 7) is 2.65. The Morgan fingerprint density at radius 2 is 1.73 bits per heavy atom. The van der Waals surface area contributed by atoms with Crippen LogP contribution in [0.25, 0.3) is 15.7 Å². The Balaban J connectivity index is 1.74. The second-order valence-electron chi connectivity index (χ2n) is 7.29. The molecule has 0 aliphatic heterocycles. The molecule has 0 saturated heterocycles. The maximum atomic E-state index is 13.1. The Morgan fingerprint density at radius 1 is 1.00 bits per heavy atom. The van der Waals surface area contributed by atoms with Gasteiger partial charge in [-0.2, -0.15) is 5.26 Å². The SMILES string of the molecule is CCOC(=O)CCCCOc1ccc2cc(C(=CC#N)S(=O)(=O)c3ccccc3)ccc2c1. The zero-order chi connectivity index (χ0) is 23.7. The molecule has 0 unspecified atom stereocenters. The van der Waals surface area contributed by atoms with Crippen molar-refractivity contribution in [1.82, 2.24) is 0 Å². The van der Waals surface area contributed by atoms with E-state index < -0.39 is 9.84 Å². The molecule has 3 rings (SSSR count). The van der Waals surface area contributed by atoms with Gasteiger partial charge in [-0.25, -0.2) is 8.42 Å². The maximum absolute atomic E-state index is 13.1. The van der Waals surface area contributed by atoms with Crippen LogP contribution in [0.2, 0.25) is 0 Å². The van der Waals surface area contributed by atoms with E-state index in [1.165, 1.54) is 12.1 Å². The van der Waals surface area contributed by atoms with Crippen LogP contribution < -0.4 is 4.74 Å². The van der Waals surface area contributed by atoms with Crippen LogP contribution in [0.4, 0.5) is 0 Å². The minimum atomic E-state index is -3.84. The summed E-state index contributed by atoms with van der Waals surface area (Å²) in [6.07, 6.45) is 2.87. The monoisotopic (exact) mass is 463 g/mol. The number of carbonyl (C=O) groups excluding carboxylic acids is 1. The molecule has 0 saturated carbocycles. The molecule has 170 valence electrons. The Morgan fingerprint density at radius 3 is 2.45 bits per heavy atom. The molecule has 0 amide bonds. The molecule has 0 atom stereocenters. The molecule has 3 aromatic rings. The normalized spacial score (nSPS) is 11.7. The van der Waals surface area contributed by atoms with Crippen LogP contribution in [0, 0.1) is 11.3 Å². The van der Waals surface area contributed by atoms with E-state index in [4.69, 9.17) is 9.47 Å². The molecule has 0 fully saturated rings. The number of hydrogen-bond donors (Lipinski definition) is 0. The first-order valence-corrected chi connectivity index (χ1v) is 12.2. The van der Waals surface area contributed by atoms with Gasteiger partial charge in [-0.3, -0.25) is 4.79 Å². The summed E-state index contributed by atoms with van der Waals surface area (Å²) in [5.41, 5.74) is 0.445. The lowest BCUT2D eigenvalue weighted by atomic mass is 10.1. The van der Waals surface area contributed by atoms with Crippen molar-refractivity contribution in [2.24, 2.45) is 0 Å². The predicted octanol–water partition coefficient (Wildman–Crippen LogP) is 5.29. The zero-order valence-corrected chi connectivity index (χ0v) is 19.2. The summed E-state index contributed by atoms with van der Waals surface area (Å²) in [5.74, 6) is 0.495. The molecule has 0 bridgehead atoms. The number of benzene rings is 3. The lowest BCUT2D eigenvalue weighted by molar-refractivity contribution is -0.143. The second-order valence-corrected chi connectivity index (χ2v) is 9.21. The molecule has 0 aromatic heterocycles. The van der Waals surface area contributed by atoms with Gasteiger partial charge in [0.15, 0.2) is 0 Å². The largest absolute Gasteiger partial charge is 0.494 e. The Hall–Kier alpha value is -3.63. The molecule has 0 aliphatic rings. The summed E-state index contributed by atoms with van der Waals surface area (Å²) in [5, 5.41) is 10.9. The van der Waals surface area contributed by atoms with Crippen molar-refractivity contribution in [3.05, 3.63) is 78.4 Å². The highest BCUT2D eigenvalue weighted by molar-refractivity contribution is 8.00. The van der Waals surface area contributed by atoms with Crippen LogP contribution >= 0.6 is 0 Å². The van der Waals surface area contributed by atoms with Crippen LogP contribution in [-0.2, 0) is 19.4 Å². The number of allylic oxidation sites excluding steroid dienone is 1. The van der Waals surface area contributed by atoms with Gasteiger partial charge >= 0.3 is 5.97 Å². The summed E-state index contributed by atoms with van der Waals surface area (Å²) in [7, 11) is -3.84. The van der Waals surface area contributed by atoms with Crippen LogP contribution in [0.3, 0.4) is 0 Å². The van der Waals surface area contributed by atoms with Crippen molar-refractivity contribution < 1.29 is 22.7 Å². The molecule has 0 spiro atoms. The molecule has 0 radical (unpaired) electrons. The van der Waals surface area contributed by atoms with Gasteiger partial charge in [0.05, 0.1) is 29.1 Å². The Labute approximate surface area is 194 Å². The molecule has 0 N–H and O–H groups in total. The molecule has 33 heavy (non-hydrogen) atoms. The van der Waals surface area contributed by atoms with Crippen LogP contribution in [-0.4, -0.2) is 27.6 Å². The van der Waals surface area contributed by atoms with Gasteiger partial charge in [-0.05, 0) is 66.4 Å². The fourth-order valence-electron chi connectivity index (χ4n) is 3.36. The maximum Gasteiger partial charge on any atom is 0.305 e. The van der Waals surface area contributed by atoms with E-state index in [1.807, 2.05) is 30.3 Å². The number of sulfone groups is 1. The van der Waals surface area contributed by atoms with Gasteiger partial charge in [0, 0.05) is 12.5 Å². The molecular formula is C26H25NO5S. The number of ether oxygens (including phenoxy) is 2. The second kappa shape index (κ2) is 11.3. The number of hydrogen-bond acceptors (Lipinski definition) is 6. The highest BCUT2D eigenvalue weighted by Crippen LogP contribution is 2.31. The average Bonchev–Trinajstić information content (AvgIpc) is 2.82. The first kappa shape index (κ1) is 24.0. The van der Waals surface area contributed by atoms with E-state index in [1.54, 1.807) is 37.3 Å². The number of unbranched alkanes of at least 4 members (excludes halogenated alkanes) is 1. The van der Waals surface area contributed by atoms with Crippen LogP contribution in [0.5, 0.6) is 5.75 Å². The van der Waals surface area contributed by atoms with Gasteiger partial charge in [0.1, 0.15) is 5.75 Å². The van der Waals surface area contributed by atoms with Crippen molar-refractivity contribution in [2.45, 2.75) is 31.1 Å². The molecule has 0 heterocycles. The van der Waals surface area contributed by atoms with Gasteiger partial charge < -0.3 is 9.47 Å². The third kappa shape index (κ3) is 6.21. The topological polar surface area (TPSA) is 93.5 Å². The number of esters is 1. The van der Waals surface area contributed by atoms with E-state index in [9.17, 15) is 18.5 Å². The number of fused-ring (bicyclic) bond motifs is 1. The smallest absolute Gasteiger partial charge is 0.305 e. The number of carbonyl (C=O) groups is 1. The van der Waals surface area contributed by atoms with Gasteiger partial charge in [0.2, 0.25) is 9.84 Å². The van der Waals surface area contributed by atoms with Gasteiger partial charge in [-0.15, -0.1) is 0 Å². The highest BCUT2D eigenvalue weighted by Gasteiger charge is 2.22. The van der Waals surface area contributed by atoms with E-state index >= 15 is 0 Å². The first-order valence-electron chi connectivity index (χ1n) is 10.7. The van der Waals surface area contributed by atoms with Crippen LogP contribution in [0.15, 0.2) is 77.7 Å². The fourth-order valence-corrected chi connectivity index (χ4v) is 4.78. The summed E-state index contributed by atoms with van der Waals surface area (Å²) in [6, 6.07) is 20.7. The van der Waals surface area contributed by atoms with E-state index in [-0.39, 0.29) is 15.8 Å². The molecular weight excluding hydrogens is 438 g/mol. The Kier molecular flexibility index (Phi) is 8.22. The quantitative estimate of drug-likeness (QED) is 0.230. The molecule has 7 heteroatoms. The lowest BCUT2D eigenvalue weighted by Gasteiger charge is -2.11. The van der Waals surface area contributed by atoms with E-state index in [0.717, 1.165) is 23.3 Å². The minimum absolute atomic E-state index is 0.0416. The number of rotatable bonds is 10. The molecule has 0 aliphatic carbocycles. The Bertz CT molecular complexity index is 1290. The minimum Gasteiger partial charge on any atom is -0.494 e. The van der Waals surface area contributed by atoms with Crippen molar-refractivity contribution in [3.63, 3.8) is 0 Å². The van der Waals surface area contributed by atoms with Crippen molar-refractivity contribution in [3.8, 4) is 11.8 Å². The van der Waals surface area contributed by atoms with E-state index in [2.05, 4.69) is 0 Å². The number of nitrogens with zero attached hydrogens (tertiary/aromatic N) is 1.